The van der Waals surface area contributed by atoms with E-state index in [2.05, 4.69) is 63.8 Å². The molecule has 0 atom stereocenters. The van der Waals surface area contributed by atoms with E-state index in [0.717, 1.165) is 52.1 Å². The number of benzene rings is 3. The summed E-state index contributed by atoms with van der Waals surface area (Å²) in [7, 11) is 1.64. The number of carbonyl (C=O) groups is 2. The third kappa shape index (κ3) is 5.85. The summed E-state index contributed by atoms with van der Waals surface area (Å²) in [5.41, 5.74) is 7.62. The molecule has 0 spiro atoms. The van der Waals surface area contributed by atoms with Gasteiger partial charge in [-0.2, -0.15) is 0 Å². The molecule has 1 aliphatic heterocycles. The zero-order chi connectivity index (χ0) is 31.2. The number of carbonyl (C=O) groups excluding carboxylic acids is 2. The first kappa shape index (κ1) is 29.9. The zero-order valence-corrected chi connectivity index (χ0v) is 26.8. The maximum absolute atomic E-state index is 14.2. The zero-order valence-electron chi connectivity index (χ0n) is 26.8. The number of allylic oxidation sites excluding steroid dienone is 4. The fourth-order valence-corrected chi connectivity index (χ4v) is 7.28. The first-order valence-electron chi connectivity index (χ1n) is 15.6. The van der Waals surface area contributed by atoms with Crippen molar-refractivity contribution >= 4 is 11.6 Å². The fraction of sp³-hybridized carbons (Fsp3) is 0.385. The Morgan fingerprint density at radius 3 is 1.93 bits per heavy atom. The van der Waals surface area contributed by atoms with Crippen LogP contribution in [0.3, 0.4) is 0 Å². The predicted octanol–water partition coefficient (Wildman–Crippen LogP) is 8.47. The molecule has 5 heteroatoms. The number of ether oxygens (including phenoxy) is 2. The Bertz CT molecular complexity index is 1620. The standard InChI is InChI=1S/C39H43NO4/c1-25-11-10-14-27(17-25)24-44-33-16-15-28(18-34(33)43-6)35-36-29(19-38(2,3)21-31(36)41)40(23-26-12-8-7-9-13-26)30-20-39(4,5)22-32(42)37(30)35/h7-18,35H,19-24H2,1-6H3. The van der Waals surface area contributed by atoms with Crippen LogP contribution in [-0.4, -0.2) is 23.6 Å². The monoisotopic (exact) mass is 589 g/mol. The number of nitrogens with zero attached hydrogens (tertiary/aromatic N) is 1. The maximum atomic E-state index is 14.2. The third-order valence-electron chi connectivity index (χ3n) is 9.20. The molecule has 228 valence electrons. The average molecular weight is 590 g/mol. The molecule has 0 unspecified atom stereocenters. The lowest BCUT2D eigenvalue weighted by Crippen LogP contribution is -2.44. The van der Waals surface area contributed by atoms with Gasteiger partial charge in [-0.25, -0.2) is 0 Å². The van der Waals surface area contributed by atoms with Gasteiger partial charge in [0.1, 0.15) is 6.61 Å². The second-order valence-electron chi connectivity index (χ2n) is 14.3. The van der Waals surface area contributed by atoms with Gasteiger partial charge in [0.2, 0.25) is 0 Å². The lowest BCUT2D eigenvalue weighted by atomic mass is 9.63. The Hall–Kier alpha value is -4.12. The highest BCUT2D eigenvalue weighted by Crippen LogP contribution is 2.55. The summed E-state index contributed by atoms with van der Waals surface area (Å²) in [6.45, 7) is 11.8. The Labute approximate surface area is 261 Å². The van der Waals surface area contributed by atoms with E-state index in [9.17, 15) is 9.59 Å². The van der Waals surface area contributed by atoms with E-state index < -0.39 is 5.92 Å². The van der Waals surface area contributed by atoms with Gasteiger partial charge < -0.3 is 14.4 Å². The summed E-state index contributed by atoms with van der Waals surface area (Å²) in [6, 6.07) is 24.5. The van der Waals surface area contributed by atoms with Crippen molar-refractivity contribution in [3.63, 3.8) is 0 Å². The van der Waals surface area contributed by atoms with Gasteiger partial charge in [0, 0.05) is 47.8 Å². The Kier molecular flexibility index (Phi) is 7.77. The average Bonchev–Trinajstić information content (AvgIpc) is 2.96. The predicted molar refractivity (Wildman–Crippen MR) is 173 cm³/mol. The van der Waals surface area contributed by atoms with Crippen molar-refractivity contribution in [2.45, 2.75) is 79.4 Å². The molecule has 6 rings (SSSR count). The van der Waals surface area contributed by atoms with Crippen LogP contribution in [0, 0.1) is 17.8 Å². The van der Waals surface area contributed by atoms with Crippen molar-refractivity contribution in [1.29, 1.82) is 0 Å². The Balaban J connectivity index is 1.47. The molecule has 0 aromatic heterocycles. The maximum Gasteiger partial charge on any atom is 0.162 e. The van der Waals surface area contributed by atoms with Crippen LogP contribution in [0.5, 0.6) is 11.5 Å². The van der Waals surface area contributed by atoms with Crippen LogP contribution in [0.15, 0.2) is 95.3 Å². The van der Waals surface area contributed by atoms with Gasteiger partial charge in [-0.1, -0.05) is 93.9 Å². The molecule has 0 saturated carbocycles. The minimum Gasteiger partial charge on any atom is -0.493 e. The van der Waals surface area contributed by atoms with Crippen molar-refractivity contribution in [2.24, 2.45) is 10.8 Å². The second-order valence-corrected chi connectivity index (χ2v) is 14.3. The summed E-state index contributed by atoms with van der Waals surface area (Å²) < 4.78 is 12.1. The van der Waals surface area contributed by atoms with Crippen LogP contribution >= 0.6 is 0 Å². The molecular formula is C39H43NO4. The van der Waals surface area contributed by atoms with Crippen molar-refractivity contribution in [3.8, 4) is 11.5 Å². The van der Waals surface area contributed by atoms with Crippen molar-refractivity contribution in [2.75, 3.05) is 7.11 Å². The van der Waals surface area contributed by atoms with Gasteiger partial charge in [-0.3, -0.25) is 9.59 Å². The minimum absolute atomic E-state index is 0.127. The van der Waals surface area contributed by atoms with E-state index in [4.69, 9.17) is 9.47 Å². The van der Waals surface area contributed by atoms with Crippen LogP contribution in [0.2, 0.25) is 0 Å². The number of aryl methyl sites for hydroxylation is 1. The molecule has 3 aromatic carbocycles. The third-order valence-corrected chi connectivity index (χ3v) is 9.20. The highest BCUT2D eigenvalue weighted by Gasteiger charge is 2.49. The molecule has 3 aliphatic rings. The molecule has 0 bridgehead atoms. The van der Waals surface area contributed by atoms with Gasteiger partial charge in [0.15, 0.2) is 23.1 Å². The lowest BCUT2D eigenvalue weighted by molar-refractivity contribution is -0.119. The van der Waals surface area contributed by atoms with Gasteiger partial charge >= 0.3 is 0 Å². The van der Waals surface area contributed by atoms with E-state index >= 15 is 0 Å². The topological polar surface area (TPSA) is 55.8 Å². The molecule has 44 heavy (non-hydrogen) atoms. The van der Waals surface area contributed by atoms with E-state index in [1.54, 1.807) is 7.11 Å². The van der Waals surface area contributed by atoms with E-state index in [0.29, 0.717) is 37.5 Å². The minimum atomic E-state index is -0.432. The van der Waals surface area contributed by atoms with Crippen molar-refractivity contribution in [1.82, 2.24) is 4.90 Å². The van der Waals surface area contributed by atoms with E-state index in [1.807, 2.05) is 48.5 Å². The SMILES string of the molecule is COc1cc(C2C3=C(CC(C)(C)CC3=O)N(Cc3ccccc3)C3=C2C(=O)CC(C)(C)C3)ccc1OCc1cccc(C)c1. The number of Topliss-reactive ketones (excluding diaryl/α,β-unsaturated/α-hetero) is 2. The lowest BCUT2D eigenvalue weighted by Gasteiger charge is -2.49. The summed E-state index contributed by atoms with van der Waals surface area (Å²) in [4.78, 5) is 30.7. The first-order valence-corrected chi connectivity index (χ1v) is 15.6. The van der Waals surface area contributed by atoms with Crippen LogP contribution in [0.4, 0.5) is 0 Å². The summed E-state index contributed by atoms with van der Waals surface area (Å²) in [6.07, 6.45) is 2.46. The van der Waals surface area contributed by atoms with Gasteiger partial charge in [0.25, 0.3) is 0 Å². The highest BCUT2D eigenvalue weighted by atomic mass is 16.5. The van der Waals surface area contributed by atoms with Crippen LogP contribution < -0.4 is 9.47 Å². The second kappa shape index (κ2) is 11.4. The summed E-state index contributed by atoms with van der Waals surface area (Å²) in [5.74, 6) is 1.05. The molecule has 3 aromatic rings. The molecule has 2 aliphatic carbocycles. The quantitative estimate of drug-likeness (QED) is 0.277. The Morgan fingerprint density at radius 2 is 1.34 bits per heavy atom. The Morgan fingerprint density at radius 1 is 0.727 bits per heavy atom. The van der Waals surface area contributed by atoms with E-state index in [1.165, 1.54) is 5.56 Å². The fourth-order valence-electron chi connectivity index (χ4n) is 7.28. The van der Waals surface area contributed by atoms with Crippen LogP contribution in [0.25, 0.3) is 0 Å². The van der Waals surface area contributed by atoms with E-state index in [-0.39, 0.29) is 22.4 Å². The van der Waals surface area contributed by atoms with Gasteiger partial charge in [-0.05, 0) is 59.4 Å². The number of hydrogen-bond acceptors (Lipinski definition) is 5. The summed E-state index contributed by atoms with van der Waals surface area (Å²) in [5, 5.41) is 0. The van der Waals surface area contributed by atoms with Gasteiger partial charge in [-0.15, -0.1) is 0 Å². The van der Waals surface area contributed by atoms with Crippen LogP contribution in [0.1, 0.15) is 81.5 Å². The molecule has 0 fully saturated rings. The smallest absolute Gasteiger partial charge is 0.162 e. The molecular weight excluding hydrogens is 546 g/mol. The first-order chi connectivity index (χ1) is 20.9. The molecule has 0 radical (unpaired) electrons. The molecule has 5 nitrogen and oxygen atoms in total. The number of ketones is 2. The molecule has 0 amide bonds. The summed E-state index contributed by atoms with van der Waals surface area (Å²) >= 11 is 0. The van der Waals surface area contributed by atoms with Crippen LogP contribution in [-0.2, 0) is 22.7 Å². The highest BCUT2D eigenvalue weighted by molar-refractivity contribution is 6.06. The molecule has 1 heterocycles. The molecule has 0 saturated heterocycles. The molecule has 0 N–H and O–H groups in total. The van der Waals surface area contributed by atoms with Crippen molar-refractivity contribution < 1.29 is 19.1 Å². The number of hydrogen-bond donors (Lipinski definition) is 0. The van der Waals surface area contributed by atoms with Crippen molar-refractivity contribution in [3.05, 3.63) is 118 Å². The largest absolute Gasteiger partial charge is 0.493 e. The number of methoxy groups -OCH3 is 1. The normalized spacial score (nSPS) is 19.5. The number of rotatable bonds is 7. The van der Waals surface area contributed by atoms with Gasteiger partial charge in [0.05, 0.1) is 7.11 Å².